The van der Waals surface area contributed by atoms with Gasteiger partial charge in [0.05, 0.1) is 6.61 Å². The van der Waals surface area contributed by atoms with Gasteiger partial charge >= 0.3 is 0 Å². The molecule has 0 N–H and O–H groups in total. The smallest absolute Gasteiger partial charge is 0.157 e. The van der Waals surface area contributed by atoms with Gasteiger partial charge in [-0.1, -0.05) is 71.4 Å². The average Bonchev–Trinajstić information content (AvgIpc) is 2.46. The largest absolute Gasteiger partial charge is 0.353 e. The van der Waals surface area contributed by atoms with Gasteiger partial charge < -0.3 is 9.47 Å². The molecular formula is C18H36O2. The number of allylic oxidation sites excluding steroid dienone is 1. The van der Waals surface area contributed by atoms with Crippen LogP contribution >= 0.6 is 0 Å². The molecule has 0 aliphatic carbocycles. The summed E-state index contributed by atoms with van der Waals surface area (Å²) in [6.07, 6.45) is 16.4. The molecule has 0 heterocycles. The summed E-state index contributed by atoms with van der Waals surface area (Å²) in [5, 5.41) is 0. The molecule has 0 saturated heterocycles. The molecule has 0 amide bonds. The van der Waals surface area contributed by atoms with Crippen LogP contribution in [0, 0.1) is 0 Å². The van der Waals surface area contributed by atoms with Gasteiger partial charge in [-0.3, -0.25) is 0 Å². The van der Waals surface area contributed by atoms with Crippen LogP contribution in [0.1, 0.15) is 85.0 Å². The summed E-state index contributed by atoms with van der Waals surface area (Å²) >= 11 is 0. The minimum Gasteiger partial charge on any atom is -0.353 e. The number of hydrogen-bond donors (Lipinski definition) is 0. The highest BCUT2D eigenvalue weighted by molar-refractivity contribution is 4.80. The first kappa shape index (κ1) is 19.7. The van der Waals surface area contributed by atoms with E-state index in [2.05, 4.69) is 32.9 Å². The van der Waals surface area contributed by atoms with Gasteiger partial charge in [-0.2, -0.15) is 0 Å². The molecule has 0 aromatic carbocycles. The van der Waals surface area contributed by atoms with E-state index in [4.69, 9.17) is 9.47 Å². The van der Waals surface area contributed by atoms with E-state index in [0.717, 1.165) is 25.9 Å². The van der Waals surface area contributed by atoms with Gasteiger partial charge in [-0.05, 0) is 25.7 Å². The van der Waals surface area contributed by atoms with Crippen molar-refractivity contribution in [2.45, 2.75) is 91.3 Å². The lowest BCUT2D eigenvalue weighted by atomic mass is 10.2. The summed E-state index contributed by atoms with van der Waals surface area (Å²) in [6.45, 7) is 8.19. The lowest BCUT2D eigenvalue weighted by Gasteiger charge is -2.17. The molecule has 0 aromatic rings. The Morgan fingerprint density at radius 1 is 0.750 bits per heavy atom. The first-order chi connectivity index (χ1) is 9.85. The predicted molar refractivity (Wildman–Crippen MR) is 88.0 cm³/mol. The van der Waals surface area contributed by atoms with E-state index in [1.807, 2.05) is 0 Å². The lowest BCUT2D eigenvalue weighted by Crippen LogP contribution is -2.18. The van der Waals surface area contributed by atoms with E-state index < -0.39 is 0 Å². The molecule has 1 atom stereocenters. The van der Waals surface area contributed by atoms with E-state index in [1.165, 1.54) is 44.9 Å². The monoisotopic (exact) mass is 284 g/mol. The number of unbranched alkanes of at least 4 members (excludes halogenated alkanes) is 6. The molecule has 2 nitrogen and oxygen atoms in total. The van der Waals surface area contributed by atoms with Gasteiger partial charge in [-0.15, -0.1) is 0 Å². The molecule has 0 bridgehead atoms. The number of ether oxygens (including phenoxy) is 2. The molecule has 0 fully saturated rings. The van der Waals surface area contributed by atoms with Gasteiger partial charge in [0.1, 0.15) is 0 Å². The average molecular weight is 284 g/mol. The van der Waals surface area contributed by atoms with Crippen molar-refractivity contribution in [2.75, 3.05) is 13.2 Å². The van der Waals surface area contributed by atoms with Gasteiger partial charge in [0.2, 0.25) is 0 Å². The summed E-state index contributed by atoms with van der Waals surface area (Å²) in [7, 11) is 0. The van der Waals surface area contributed by atoms with Crippen molar-refractivity contribution in [1.82, 2.24) is 0 Å². The van der Waals surface area contributed by atoms with Crippen LogP contribution in [0.5, 0.6) is 0 Å². The molecule has 0 saturated carbocycles. The molecule has 0 radical (unpaired) electrons. The quantitative estimate of drug-likeness (QED) is 0.213. The van der Waals surface area contributed by atoms with Gasteiger partial charge in [0.15, 0.2) is 6.29 Å². The van der Waals surface area contributed by atoms with E-state index in [1.54, 1.807) is 0 Å². The van der Waals surface area contributed by atoms with Crippen molar-refractivity contribution in [2.24, 2.45) is 0 Å². The zero-order valence-corrected chi connectivity index (χ0v) is 14.0. The fraction of sp³-hybridized carbons (Fsp3) is 0.889. The molecule has 0 spiro atoms. The molecule has 0 aromatic heterocycles. The van der Waals surface area contributed by atoms with Crippen LogP contribution in [0.4, 0.5) is 0 Å². The normalized spacial score (nSPS) is 13.2. The number of rotatable bonds is 15. The third-order valence-corrected chi connectivity index (χ3v) is 3.35. The molecule has 2 heteroatoms. The van der Waals surface area contributed by atoms with Crippen molar-refractivity contribution in [3.05, 3.63) is 12.2 Å². The Morgan fingerprint density at radius 2 is 1.50 bits per heavy atom. The fourth-order valence-corrected chi connectivity index (χ4v) is 2.03. The molecular weight excluding hydrogens is 248 g/mol. The van der Waals surface area contributed by atoms with E-state index in [9.17, 15) is 0 Å². The molecule has 0 rings (SSSR count). The van der Waals surface area contributed by atoms with E-state index in [0.29, 0.717) is 6.61 Å². The third-order valence-electron chi connectivity index (χ3n) is 3.35. The second-order valence-electron chi connectivity index (χ2n) is 5.45. The molecule has 20 heavy (non-hydrogen) atoms. The molecule has 1 unspecified atom stereocenters. The van der Waals surface area contributed by atoms with Crippen LogP contribution in [0.3, 0.4) is 0 Å². The summed E-state index contributed by atoms with van der Waals surface area (Å²) in [5.74, 6) is 0. The first-order valence-electron chi connectivity index (χ1n) is 8.73. The first-order valence-corrected chi connectivity index (χ1v) is 8.73. The van der Waals surface area contributed by atoms with Gasteiger partial charge in [-0.25, -0.2) is 0 Å². The third kappa shape index (κ3) is 14.1. The van der Waals surface area contributed by atoms with Crippen molar-refractivity contribution in [1.29, 1.82) is 0 Å². The zero-order chi connectivity index (χ0) is 14.9. The van der Waals surface area contributed by atoms with Gasteiger partial charge in [0, 0.05) is 6.61 Å². The molecule has 0 aliphatic rings. The highest BCUT2D eigenvalue weighted by atomic mass is 16.7. The Morgan fingerprint density at radius 3 is 2.20 bits per heavy atom. The van der Waals surface area contributed by atoms with E-state index >= 15 is 0 Å². The van der Waals surface area contributed by atoms with Gasteiger partial charge in [0.25, 0.3) is 0 Å². The zero-order valence-electron chi connectivity index (χ0n) is 14.0. The minimum absolute atomic E-state index is 0.00514. The Kier molecular flexibility index (Phi) is 16.4. The van der Waals surface area contributed by atoms with Crippen LogP contribution < -0.4 is 0 Å². The van der Waals surface area contributed by atoms with Crippen LogP contribution in [-0.4, -0.2) is 19.5 Å². The SMILES string of the molecule is CCC/C=C/COC(CCCCC)OCCCCCC. The second kappa shape index (κ2) is 16.7. The minimum atomic E-state index is -0.00514. The fourth-order valence-electron chi connectivity index (χ4n) is 2.03. The maximum absolute atomic E-state index is 5.89. The summed E-state index contributed by atoms with van der Waals surface area (Å²) in [6, 6.07) is 0. The van der Waals surface area contributed by atoms with Crippen LogP contribution in [-0.2, 0) is 9.47 Å². The Labute approximate surface area is 126 Å². The van der Waals surface area contributed by atoms with Crippen molar-refractivity contribution < 1.29 is 9.47 Å². The highest BCUT2D eigenvalue weighted by Gasteiger charge is 2.08. The van der Waals surface area contributed by atoms with Crippen LogP contribution in [0.2, 0.25) is 0 Å². The van der Waals surface area contributed by atoms with Crippen molar-refractivity contribution in [3.8, 4) is 0 Å². The standard InChI is InChI=1S/C18H36O2/c1-4-7-10-13-16-19-18(15-12-9-6-3)20-17-14-11-8-5-2/h10,13,18H,4-9,11-12,14-17H2,1-3H3/b13-10+. The summed E-state index contributed by atoms with van der Waals surface area (Å²) in [4.78, 5) is 0. The van der Waals surface area contributed by atoms with Crippen molar-refractivity contribution >= 4 is 0 Å². The Balaban J connectivity index is 3.75. The Bertz CT molecular complexity index is 202. The maximum Gasteiger partial charge on any atom is 0.157 e. The molecule has 0 aliphatic heterocycles. The van der Waals surface area contributed by atoms with E-state index in [-0.39, 0.29) is 6.29 Å². The second-order valence-corrected chi connectivity index (χ2v) is 5.45. The summed E-state index contributed by atoms with van der Waals surface area (Å²) < 4.78 is 11.7. The van der Waals surface area contributed by atoms with Crippen LogP contribution in [0.25, 0.3) is 0 Å². The molecule has 120 valence electrons. The Hall–Kier alpha value is -0.340. The maximum atomic E-state index is 5.89. The highest BCUT2D eigenvalue weighted by Crippen LogP contribution is 2.10. The number of hydrogen-bond acceptors (Lipinski definition) is 2. The topological polar surface area (TPSA) is 18.5 Å². The summed E-state index contributed by atoms with van der Waals surface area (Å²) in [5.41, 5.74) is 0. The lowest BCUT2D eigenvalue weighted by molar-refractivity contribution is -0.140. The predicted octanol–water partition coefficient (Wildman–Crippen LogP) is 5.86. The van der Waals surface area contributed by atoms with Crippen LogP contribution in [0.15, 0.2) is 12.2 Å². The van der Waals surface area contributed by atoms with Crippen molar-refractivity contribution in [3.63, 3.8) is 0 Å².